The van der Waals surface area contributed by atoms with Gasteiger partial charge in [0.2, 0.25) is 0 Å². The molecule has 4 rings (SSSR count). The van der Waals surface area contributed by atoms with E-state index in [1.807, 2.05) is 48.5 Å². The highest BCUT2D eigenvalue weighted by Gasteiger charge is 2.17. The highest BCUT2D eigenvalue weighted by molar-refractivity contribution is 6.07. The number of rotatable bonds is 5. The Bertz CT molecular complexity index is 1240. The number of aliphatic hydroxyl groups excluding tert-OH is 1. The van der Waals surface area contributed by atoms with Crippen molar-refractivity contribution in [3.05, 3.63) is 109 Å². The molecule has 1 aromatic heterocycles. The number of hydrogen-bond acceptors (Lipinski definition) is 5. The number of aromatic nitrogens is 1. The number of aliphatic hydroxyl groups is 1. The molecule has 0 spiro atoms. The first-order valence-electron chi connectivity index (χ1n) is 9.31. The molecule has 6 nitrogen and oxygen atoms in total. The molecule has 2 N–H and O–H groups in total. The van der Waals surface area contributed by atoms with Crippen LogP contribution in [0.1, 0.15) is 5.56 Å². The molecule has 0 unspecified atom stereocenters. The predicted octanol–water partition coefficient (Wildman–Crippen LogP) is 5.88. The van der Waals surface area contributed by atoms with E-state index in [1.165, 1.54) is 6.20 Å². The molecule has 0 atom stereocenters. The molecule has 1 heterocycles. The molecule has 1 amide bonds. The monoisotopic (exact) mass is 394 g/mol. The highest BCUT2D eigenvalue weighted by atomic mass is 16.3. The van der Waals surface area contributed by atoms with Crippen LogP contribution in [-0.4, -0.2) is 16.0 Å². The van der Waals surface area contributed by atoms with Crippen molar-refractivity contribution in [3.63, 3.8) is 0 Å². The van der Waals surface area contributed by atoms with Crippen LogP contribution >= 0.6 is 0 Å². The summed E-state index contributed by atoms with van der Waals surface area (Å²) in [5.74, 6) is -0.851. The van der Waals surface area contributed by atoms with Gasteiger partial charge in [0.15, 0.2) is 11.5 Å². The fraction of sp³-hybridized carbons (Fsp3) is 0. The normalized spacial score (nSPS) is 12.0. The molecule has 0 aliphatic heterocycles. The summed E-state index contributed by atoms with van der Waals surface area (Å²) in [5, 5.41) is 23.8. The van der Waals surface area contributed by atoms with E-state index >= 15 is 0 Å². The Morgan fingerprint density at radius 3 is 2.40 bits per heavy atom. The Morgan fingerprint density at radius 2 is 1.63 bits per heavy atom. The molecule has 0 bridgehead atoms. The number of benzene rings is 3. The summed E-state index contributed by atoms with van der Waals surface area (Å²) in [6, 6.07) is 25.6. The van der Waals surface area contributed by atoms with Crippen molar-refractivity contribution >= 4 is 33.8 Å². The third kappa shape index (κ3) is 4.39. The van der Waals surface area contributed by atoms with E-state index in [4.69, 9.17) is 0 Å². The number of carbonyl (C=O) groups is 1. The molecule has 4 aromatic rings. The van der Waals surface area contributed by atoms with Gasteiger partial charge in [-0.25, -0.2) is 0 Å². The van der Waals surface area contributed by atoms with Gasteiger partial charge >= 0.3 is 0 Å². The quantitative estimate of drug-likeness (QED) is 0.252. The van der Waals surface area contributed by atoms with Crippen molar-refractivity contribution < 1.29 is 9.90 Å². The molecular weight excluding hydrogens is 376 g/mol. The van der Waals surface area contributed by atoms with E-state index in [0.29, 0.717) is 16.9 Å². The van der Waals surface area contributed by atoms with Crippen molar-refractivity contribution in [1.29, 1.82) is 0 Å². The van der Waals surface area contributed by atoms with E-state index in [-0.39, 0.29) is 11.5 Å². The SMILES string of the molecule is O=C(Nc1cccnc1)/C(N=Nc1ccc2ccccc2c1)=C(\O)c1ccccc1. The van der Waals surface area contributed by atoms with E-state index < -0.39 is 5.91 Å². The van der Waals surface area contributed by atoms with Crippen LogP contribution < -0.4 is 5.32 Å². The minimum absolute atomic E-state index is 0.196. The van der Waals surface area contributed by atoms with Crippen LogP contribution in [0.25, 0.3) is 16.5 Å². The van der Waals surface area contributed by atoms with Gasteiger partial charge in [0.1, 0.15) is 0 Å². The Labute approximate surface area is 173 Å². The summed E-state index contributed by atoms with van der Waals surface area (Å²) in [4.78, 5) is 16.8. The summed E-state index contributed by atoms with van der Waals surface area (Å²) >= 11 is 0. The fourth-order valence-electron chi connectivity index (χ4n) is 2.91. The van der Waals surface area contributed by atoms with E-state index in [1.54, 1.807) is 42.6 Å². The van der Waals surface area contributed by atoms with Crippen LogP contribution in [0, 0.1) is 0 Å². The Hall–Kier alpha value is -4.32. The van der Waals surface area contributed by atoms with E-state index in [0.717, 1.165) is 10.8 Å². The fourth-order valence-corrected chi connectivity index (χ4v) is 2.91. The third-order valence-corrected chi connectivity index (χ3v) is 4.40. The van der Waals surface area contributed by atoms with Crippen LogP contribution in [-0.2, 0) is 4.79 Å². The molecule has 0 aliphatic rings. The first-order chi connectivity index (χ1) is 14.7. The maximum absolute atomic E-state index is 12.9. The minimum Gasteiger partial charge on any atom is -0.505 e. The number of pyridine rings is 1. The van der Waals surface area contributed by atoms with Crippen molar-refractivity contribution in [1.82, 2.24) is 4.98 Å². The van der Waals surface area contributed by atoms with Gasteiger partial charge in [-0.3, -0.25) is 9.78 Å². The molecule has 146 valence electrons. The number of nitrogens with one attached hydrogen (secondary N) is 1. The van der Waals surface area contributed by atoms with E-state index in [9.17, 15) is 9.90 Å². The number of fused-ring (bicyclic) bond motifs is 1. The third-order valence-electron chi connectivity index (χ3n) is 4.40. The summed E-state index contributed by atoms with van der Waals surface area (Å²) in [6.07, 6.45) is 3.11. The van der Waals surface area contributed by atoms with Crippen molar-refractivity contribution in [2.24, 2.45) is 10.2 Å². The first-order valence-corrected chi connectivity index (χ1v) is 9.31. The summed E-state index contributed by atoms with van der Waals surface area (Å²) < 4.78 is 0. The maximum Gasteiger partial charge on any atom is 0.280 e. The van der Waals surface area contributed by atoms with Gasteiger partial charge in [0.25, 0.3) is 5.91 Å². The van der Waals surface area contributed by atoms with Crippen LogP contribution in [0.4, 0.5) is 11.4 Å². The molecule has 30 heavy (non-hydrogen) atoms. The maximum atomic E-state index is 12.9. The highest BCUT2D eigenvalue weighted by Crippen LogP contribution is 2.24. The Balaban J connectivity index is 1.70. The largest absolute Gasteiger partial charge is 0.505 e. The van der Waals surface area contributed by atoms with Crippen LogP contribution in [0.15, 0.2) is 113 Å². The molecule has 0 saturated heterocycles. The zero-order chi connectivity index (χ0) is 20.8. The van der Waals surface area contributed by atoms with E-state index in [2.05, 4.69) is 20.5 Å². The van der Waals surface area contributed by atoms with Crippen molar-refractivity contribution in [2.75, 3.05) is 5.32 Å². The van der Waals surface area contributed by atoms with Gasteiger partial charge in [-0.1, -0.05) is 60.7 Å². The smallest absolute Gasteiger partial charge is 0.280 e. The molecule has 6 heteroatoms. The number of azo groups is 1. The number of carbonyl (C=O) groups excluding carboxylic acids is 1. The summed E-state index contributed by atoms with van der Waals surface area (Å²) in [6.45, 7) is 0. The van der Waals surface area contributed by atoms with Gasteiger partial charge < -0.3 is 10.4 Å². The van der Waals surface area contributed by atoms with Gasteiger partial charge in [-0.2, -0.15) is 5.11 Å². The molecule has 0 saturated carbocycles. The zero-order valence-corrected chi connectivity index (χ0v) is 15.9. The number of nitrogens with zero attached hydrogens (tertiary/aromatic N) is 3. The average molecular weight is 394 g/mol. The lowest BCUT2D eigenvalue weighted by molar-refractivity contribution is -0.112. The molecule has 3 aromatic carbocycles. The summed E-state index contributed by atoms with van der Waals surface area (Å²) in [7, 11) is 0. The standard InChI is InChI=1S/C24H18N4O2/c29-23(18-8-2-1-3-9-18)22(24(30)26-21-11-6-14-25-16-21)28-27-20-13-12-17-7-4-5-10-19(17)15-20/h1-16,29H,(H,26,30)/b23-22+,28-27?. The van der Waals surface area contributed by atoms with Gasteiger partial charge in [-0.05, 0) is 35.0 Å². The van der Waals surface area contributed by atoms with Crippen molar-refractivity contribution in [3.8, 4) is 0 Å². The first kappa shape index (κ1) is 19.0. The molecule has 0 fully saturated rings. The van der Waals surface area contributed by atoms with Gasteiger partial charge in [0.05, 0.1) is 17.6 Å². The lowest BCUT2D eigenvalue weighted by atomic mass is 10.1. The predicted molar refractivity (Wildman–Crippen MR) is 117 cm³/mol. The Kier molecular flexibility index (Phi) is 5.57. The topological polar surface area (TPSA) is 86.9 Å². The average Bonchev–Trinajstić information content (AvgIpc) is 2.80. The Morgan fingerprint density at radius 1 is 0.867 bits per heavy atom. The number of hydrogen-bond donors (Lipinski definition) is 2. The van der Waals surface area contributed by atoms with Crippen LogP contribution in [0.5, 0.6) is 0 Å². The van der Waals surface area contributed by atoms with Crippen LogP contribution in [0.3, 0.4) is 0 Å². The van der Waals surface area contributed by atoms with Crippen LogP contribution in [0.2, 0.25) is 0 Å². The summed E-state index contributed by atoms with van der Waals surface area (Å²) in [5.41, 5.74) is 1.33. The zero-order valence-electron chi connectivity index (χ0n) is 15.9. The van der Waals surface area contributed by atoms with Gasteiger partial charge in [0, 0.05) is 11.8 Å². The van der Waals surface area contributed by atoms with Gasteiger partial charge in [-0.15, -0.1) is 5.11 Å². The second-order valence-electron chi connectivity index (χ2n) is 6.49. The lowest BCUT2D eigenvalue weighted by Gasteiger charge is -2.07. The second kappa shape index (κ2) is 8.79. The molecular formula is C24H18N4O2. The number of amides is 1. The lowest BCUT2D eigenvalue weighted by Crippen LogP contribution is -2.15. The minimum atomic E-state index is -0.589. The second-order valence-corrected chi connectivity index (χ2v) is 6.49. The van der Waals surface area contributed by atoms with Crippen molar-refractivity contribution in [2.45, 2.75) is 0 Å². The molecule has 0 radical (unpaired) electrons. The molecule has 0 aliphatic carbocycles. The number of anilines is 1.